The molecule has 1 unspecified atom stereocenters. The van der Waals surface area contributed by atoms with Crippen LogP contribution in [-0.2, 0) is 4.74 Å². The first-order chi connectivity index (χ1) is 5.25. The Morgan fingerprint density at radius 3 is 2.64 bits per heavy atom. The summed E-state index contributed by atoms with van der Waals surface area (Å²) in [5.41, 5.74) is 0.281. The van der Waals surface area contributed by atoms with Crippen LogP contribution in [0.2, 0.25) is 0 Å². The fourth-order valence-electron chi connectivity index (χ4n) is 1.71. The number of ether oxygens (including phenoxy) is 1. The Morgan fingerprint density at radius 1 is 1.64 bits per heavy atom. The van der Waals surface area contributed by atoms with E-state index in [2.05, 4.69) is 17.3 Å². The normalized spacial score (nSPS) is 31.9. The number of nitrogens with zero attached hydrogens (tertiary/aromatic N) is 1. The predicted octanol–water partition coefficient (Wildman–Crippen LogP) is -0.0735. The van der Waals surface area contributed by atoms with Gasteiger partial charge in [-0.25, -0.2) is 0 Å². The zero-order valence-corrected chi connectivity index (χ0v) is 7.68. The first-order valence-electron chi connectivity index (χ1n) is 4.10. The molecule has 0 aromatic carbocycles. The lowest BCUT2D eigenvalue weighted by Gasteiger charge is -2.50. The number of likely N-dealkylation sites (N-methyl/N-ethyl adjacent to an activating group) is 2. The second-order valence-electron chi connectivity index (χ2n) is 3.36. The van der Waals surface area contributed by atoms with Gasteiger partial charge in [-0.15, -0.1) is 0 Å². The van der Waals surface area contributed by atoms with Gasteiger partial charge in [-0.05, 0) is 20.5 Å². The Hall–Kier alpha value is -0.120. The number of rotatable bonds is 4. The molecular formula is C8H18N2O. The SMILES string of the molecule is CNCC1(COC)CCN1C. The summed E-state index contributed by atoms with van der Waals surface area (Å²) in [5, 5.41) is 3.20. The molecule has 1 atom stereocenters. The molecule has 66 valence electrons. The lowest BCUT2D eigenvalue weighted by Crippen LogP contribution is -2.64. The molecule has 0 bridgehead atoms. The average Bonchev–Trinajstić information content (AvgIpc) is 2.01. The van der Waals surface area contributed by atoms with Crippen molar-refractivity contribution >= 4 is 0 Å². The van der Waals surface area contributed by atoms with E-state index in [1.54, 1.807) is 7.11 Å². The number of nitrogens with one attached hydrogen (secondary N) is 1. The molecule has 0 spiro atoms. The van der Waals surface area contributed by atoms with Crippen LogP contribution in [0, 0.1) is 0 Å². The minimum absolute atomic E-state index is 0.281. The Morgan fingerprint density at radius 2 is 2.36 bits per heavy atom. The molecule has 0 aromatic heterocycles. The Balaban J connectivity index is 2.42. The van der Waals surface area contributed by atoms with Crippen molar-refractivity contribution in [3.8, 4) is 0 Å². The third-order valence-electron chi connectivity index (χ3n) is 2.64. The van der Waals surface area contributed by atoms with Crippen molar-refractivity contribution in [2.24, 2.45) is 0 Å². The minimum Gasteiger partial charge on any atom is -0.383 e. The molecule has 0 aliphatic carbocycles. The van der Waals surface area contributed by atoms with Crippen LogP contribution in [0.15, 0.2) is 0 Å². The van der Waals surface area contributed by atoms with Crippen LogP contribution in [0.3, 0.4) is 0 Å². The summed E-state index contributed by atoms with van der Waals surface area (Å²) < 4.78 is 5.19. The van der Waals surface area contributed by atoms with Crippen molar-refractivity contribution < 1.29 is 4.74 Å². The molecule has 0 saturated carbocycles. The second-order valence-corrected chi connectivity index (χ2v) is 3.36. The lowest BCUT2D eigenvalue weighted by molar-refractivity contribution is -0.0450. The number of hydrogen-bond donors (Lipinski definition) is 1. The molecular weight excluding hydrogens is 140 g/mol. The summed E-state index contributed by atoms with van der Waals surface area (Å²) in [6.45, 7) is 3.06. The predicted molar refractivity (Wildman–Crippen MR) is 45.8 cm³/mol. The molecule has 1 N–H and O–H groups in total. The maximum atomic E-state index is 5.19. The van der Waals surface area contributed by atoms with Gasteiger partial charge in [0.1, 0.15) is 0 Å². The van der Waals surface area contributed by atoms with Crippen molar-refractivity contribution in [3.63, 3.8) is 0 Å². The average molecular weight is 158 g/mol. The van der Waals surface area contributed by atoms with Crippen LogP contribution in [0.1, 0.15) is 6.42 Å². The highest BCUT2D eigenvalue weighted by Gasteiger charge is 2.41. The summed E-state index contributed by atoms with van der Waals surface area (Å²) in [6.07, 6.45) is 1.25. The van der Waals surface area contributed by atoms with Crippen LogP contribution in [-0.4, -0.2) is 51.3 Å². The molecule has 1 heterocycles. The van der Waals surface area contributed by atoms with Gasteiger partial charge in [0.2, 0.25) is 0 Å². The van der Waals surface area contributed by atoms with Crippen molar-refractivity contribution in [3.05, 3.63) is 0 Å². The number of hydrogen-bond acceptors (Lipinski definition) is 3. The molecule has 0 amide bonds. The standard InChI is InChI=1S/C8H18N2O/c1-9-6-8(7-11-3)4-5-10(8)2/h9H,4-7H2,1-3H3. The van der Waals surface area contributed by atoms with Gasteiger partial charge < -0.3 is 10.1 Å². The zero-order chi connectivity index (χ0) is 8.32. The highest BCUT2D eigenvalue weighted by molar-refractivity contribution is 4.99. The van der Waals surface area contributed by atoms with Crippen molar-refractivity contribution in [1.29, 1.82) is 0 Å². The van der Waals surface area contributed by atoms with E-state index in [9.17, 15) is 0 Å². The fourth-order valence-corrected chi connectivity index (χ4v) is 1.71. The molecule has 3 heteroatoms. The fraction of sp³-hybridized carbons (Fsp3) is 1.00. The highest BCUT2D eigenvalue weighted by atomic mass is 16.5. The molecule has 0 radical (unpaired) electrons. The highest BCUT2D eigenvalue weighted by Crippen LogP contribution is 2.27. The zero-order valence-electron chi connectivity index (χ0n) is 7.68. The first kappa shape index (κ1) is 8.97. The summed E-state index contributed by atoms with van der Waals surface area (Å²) >= 11 is 0. The smallest absolute Gasteiger partial charge is 0.0659 e. The quantitative estimate of drug-likeness (QED) is 0.619. The summed E-state index contributed by atoms with van der Waals surface area (Å²) in [4.78, 5) is 2.35. The summed E-state index contributed by atoms with van der Waals surface area (Å²) in [5.74, 6) is 0. The molecule has 1 aliphatic rings. The minimum atomic E-state index is 0.281. The van der Waals surface area contributed by atoms with E-state index in [1.807, 2.05) is 7.05 Å². The largest absolute Gasteiger partial charge is 0.383 e. The van der Waals surface area contributed by atoms with E-state index in [4.69, 9.17) is 4.74 Å². The van der Waals surface area contributed by atoms with E-state index in [0.717, 1.165) is 13.2 Å². The van der Waals surface area contributed by atoms with Gasteiger partial charge in [0, 0.05) is 20.2 Å². The van der Waals surface area contributed by atoms with Gasteiger partial charge in [-0.2, -0.15) is 0 Å². The summed E-state index contributed by atoms with van der Waals surface area (Å²) in [7, 11) is 5.91. The molecule has 1 rings (SSSR count). The molecule has 3 nitrogen and oxygen atoms in total. The third kappa shape index (κ3) is 1.55. The summed E-state index contributed by atoms with van der Waals surface area (Å²) in [6, 6.07) is 0. The van der Waals surface area contributed by atoms with Crippen LogP contribution in [0.5, 0.6) is 0 Å². The maximum absolute atomic E-state index is 5.19. The first-order valence-corrected chi connectivity index (χ1v) is 4.10. The maximum Gasteiger partial charge on any atom is 0.0659 e. The van der Waals surface area contributed by atoms with Crippen LogP contribution in [0.4, 0.5) is 0 Å². The van der Waals surface area contributed by atoms with Gasteiger partial charge in [0.05, 0.1) is 12.1 Å². The van der Waals surface area contributed by atoms with Crippen LogP contribution in [0.25, 0.3) is 0 Å². The monoisotopic (exact) mass is 158 g/mol. The Bertz CT molecular complexity index is 121. The van der Waals surface area contributed by atoms with Crippen molar-refractivity contribution in [2.45, 2.75) is 12.0 Å². The number of likely N-dealkylation sites (tertiary alicyclic amines) is 1. The topological polar surface area (TPSA) is 24.5 Å². The third-order valence-corrected chi connectivity index (χ3v) is 2.64. The van der Waals surface area contributed by atoms with E-state index in [-0.39, 0.29) is 5.54 Å². The van der Waals surface area contributed by atoms with Gasteiger partial charge in [-0.1, -0.05) is 0 Å². The van der Waals surface area contributed by atoms with Crippen molar-refractivity contribution in [2.75, 3.05) is 40.9 Å². The lowest BCUT2D eigenvalue weighted by atomic mass is 9.86. The Labute approximate surface area is 68.7 Å². The molecule has 1 fully saturated rings. The van der Waals surface area contributed by atoms with Crippen molar-refractivity contribution in [1.82, 2.24) is 10.2 Å². The van der Waals surface area contributed by atoms with Gasteiger partial charge in [-0.3, -0.25) is 4.90 Å². The van der Waals surface area contributed by atoms with E-state index in [1.165, 1.54) is 13.0 Å². The van der Waals surface area contributed by atoms with Gasteiger partial charge in [0.15, 0.2) is 0 Å². The van der Waals surface area contributed by atoms with Crippen LogP contribution < -0.4 is 5.32 Å². The number of methoxy groups -OCH3 is 1. The van der Waals surface area contributed by atoms with Gasteiger partial charge in [0.25, 0.3) is 0 Å². The Kier molecular flexibility index (Phi) is 2.87. The molecule has 11 heavy (non-hydrogen) atoms. The van der Waals surface area contributed by atoms with E-state index >= 15 is 0 Å². The van der Waals surface area contributed by atoms with E-state index < -0.39 is 0 Å². The van der Waals surface area contributed by atoms with E-state index in [0.29, 0.717) is 0 Å². The second kappa shape index (κ2) is 3.52. The molecule has 0 aromatic rings. The van der Waals surface area contributed by atoms with Gasteiger partial charge >= 0.3 is 0 Å². The molecule has 1 aliphatic heterocycles. The van der Waals surface area contributed by atoms with Crippen LogP contribution >= 0.6 is 0 Å². The molecule has 1 saturated heterocycles.